The fourth-order valence-corrected chi connectivity index (χ4v) is 5.69. The molecule has 0 saturated heterocycles. The number of carbonyl (C=O) groups excluding carboxylic acids is 2. The topological polar surface area (TPSA) is 95.0 Å². The molecule has 3 aromatic rings. The van der Waals surface area contributed by atoms with Gasteiger partial charge in [-0.3, -0.25) is 9.59 Å². The van der Waals surface area contributed by atoms with Crippen molar-refractivity contribution in [2.24, 2.45) is 11.8 Å². The third kappa shape index (κ3) is 5.63. The molecule has 8 nitrogen and oxygen atoms in total. The zero-order chi connectivity index (χ0) is 26.1. The van der Waals surface area contributed by atoms with Crippen LogP contribution in [-0.2, 0) is 0 Å². The molecule has 37 heavy (non-hydrogen) atoms. The van der Waals surface area contributed by atoms with Crippen LogP contribution >= 0.6 is 11.3 Å². The molecular weight excluding hydrogens is 488 g/mol. The molecule has 1 saturated carbocycles. The summed E-state index contributed by atoms with van der Waals surface area (Å²) in [5.41, 5.74) is 1.59. The number of fused-ring (bicyclic) bond motifs is 2. The third-order valence-corrected chi connectivity index (χ3v) is 8.22. The van der Waals surface area contributed by atoms with Crippen LogP contribution in [0.3, 0.4) is 0 Å². The summed E-state index contributed by atoms with van der Waals surface area (Å²) in [7, 11) is 2.11. The second-order valence-electron chi connectivity index (χ2n) is 10.4. The molecule has 5 rings (SSSR count). The number of thiazole rings is 1. The van der Waals surface area contributed by atoms with E-state index in [1.54, 1.807) is 23.1 Å². The maximum atomic E-state index is 13.6. The van der Waals surface area contributed by atoms with Crippen molar-refractivity contribution in [2.75, 3.05) is 38.6 Å². The molecular formula is C28H34N4O4S. The number of nitrogens with zero attached hydrogens (tertiary/aromatic N) is 3. The number of aliphatic hydroxyl groups is 1. The smallest absolute Gasteiger partial charge is 0.284 e. The molecule has 2 aliphatic rings. The fourth-order valence-electron chi connectivity index (χ4n) is 4.83. The molecule has 0 spiro atoms. The first-order chi connectivity index (χ1) is 17.8. The molecule has 2 aromatic carbocycles. The average molecular weight is 523 g/mol. The fraction of sp³-hybridized carbons (Fsp3) is 0.464. The van der Waals surface area contributed by atoms with Crippen molar-refractivity contribution in [3.8, 4) is 5.75 Å². The molecule has 0 bridgehead atoms. The molecule has 2 heterocycles. The summed E-state index contributed by atoms with van der Waals surface area (Å²) in [6.07, 6.45) is 2.34. The van der Waals surface area contributed by atoms with E-state index in [2.05, 4.69) is 29.2 Å². The Morgan fingerprint density at radius 3 is 2.76 bits per heavy atom. The number of hydrogen-bond donors (Lipinski definition) is 2. The summed E-state index contributed by atoms with van der Waals surface area (Å²) in [6, 6.07) is 12.5. The number of amides is 2. The van der Waals surface area contributed by atoms with E-state index < -0.39 is 0 Å². The first-order valence-electron chi connectivity index (χ1n) is 12.9. The molecule has 0 unspecified atom stereocenters. The van der Waals surface area contributed by atoms with Crippen molar-refractivity contribution in [3.05, 3.63) is 53.0 Å². The number of anilines is 1. The summed E-state index contributed by atoms with van der Waals surface area (Å²) in [5.74, 6) is 0.569. The molecule has 9 heteroatoms. The minimum atomic E-state index is -0.344. The summed E-state index contributed by atoms with van der Waals surface area (Å²) in [4.78, 5) is 35.4. The van der Waals surface area contributed by atoms with Crippen molar-refractivity contribution in [1.29, 1.82) is 0 Å². The maximum absolute atomic E-state index is 13.6. The van der Waals surface area contributed by atoms with Gasteiger partial charge in [0.25, 0.3) is 11.8 Å². The van der Waals surface area contributed by atoms with Crippen LogP contribution < -0.4 is 10.1 Å². The minimum Gasteiger partial charge on any atom is -0.486 e. The lowest BCUT2D eigenvalue weighted by Crippen LogP contribution is -2.50. The summed E-state index contributed by atoms with van der Waals surface area (Å²) >= 11 is 1.32. The number of aromatic nitrogens is 1. The Kier molecular flexibility index (Phi) is 7.46. The number of aliphatic hydroxyl groups excluding tert-OH is 1. The predicted molar refractivity (Wildman–Crippen MR) is 145 cm³/mol. The van der Waals surface area contributed by atoms with Gasteiger partial charge >= 0.3 is 0 Å². The molecule has 1 aromatic heterocycles. The van der Waals surface area contributed by atoms with E-state index >= 15 is 0 Å². The molecule has 0 radical (unpaired) electrons. The van der Waals surface area contributed by atoms with Crippen LogP contribution in [0.1, 0.15) is 46.8 Å². The third-order valence-electron chi connectivity index (χ3n) is 7.19. The largest absolute Gasteiger partial charge is 0.486 e. The van der Waals surface area contributed by atoms with Crippen molar-refractivity contribution in [3.63, 3.8) is 0 Å². The van der Waals surface area contributed by atoms with Gasteiger partial charge in [0.2, 0.25) is 0 Å². The number of ether oxygens (including phenoxy) is 1. The number of hydrogen-bond acceptors (Lipinski definition) is 7. The number of nitrogens with one attached hydrogen (secondary N) is 1. The summed E-state index contributed by atoms with van der Waals surface area (Å²) < 4.78 is 7.53. The van der Waals surface area contributed by atoms with Gasteiger partial charge in [-0.05, 0) is 57.0 Å². The summed E-state index contributed by atoms with van der Waals surface area (Å²) in [6.45, 7) is 5.99. The van der Waals surface area contributed by atoms with Gasteiger partial charge in [-0.2, -0.15) is 0 Å². The van der Waals surface area contributed by atoms with E-state index in [0.29, 0.717) is 35.1 Å². The Labute approximate surface area is 221 Å². The number of para-hydroxylation sites is 2. The first-order valence-corrected chi connectivity index (χ1v) is 13.7. The van der Waals surface area contributed by atoms with Gasteiger partial charge in [-0.15, -0.1) is 11.3 Å². The van der Waals surface area contributed by atoms with Crippen LogP contribution in [0, 0.1) is 11.8 Å². The van der Waals surface area contributed by atoms with Gasteiger partial charge in [-0.25, -0.2) is 4.98 Å². The highest BCUT2D eigenvalue weighted by Gasteiger charge is 2.35. The Hall–Kier alpha value is -3.01. The zero-order valence-corrected chi connectivity index (χ0v) is 22.3. The molecule has 1 aliphatic carbocycles. The van der Waals surface area contributed by atoms with Gasteiger partial charge in [0, 0.05) is 25.6 Å². The molecule has 2 N–H and O–H groups in total. The van der Waals surface area contributed by atoms with Gasteiger partial charge in [0.05, 0.1) is 34.1 Å². The average Bonchev–Trinajstić information content (AvgIpc) is 3.59. The van der Waals surface area contributed by atoms with Gasteiger partial charge in [0.1, 0.15) is 6.10 Å². The van der Waals surface area contributed by atoms with Crippen molar-refractivity contribution in [2.45, 2.75) is 38.8 Å². The molecule has 3 atom stereocenters. The van der Waals surface area contributed by atoms with E-state index in [-0.39, 0.29) is 36.5 Å². The van der Waals surface area contributed by atoms with Gasteiger partial charge < -0.3 is 25.0 Å². The van der Waals surface area contributed by atoms with Gasteiger partial charge in [-0.1, -0.05) is 25.1 Å². The molecule has 2 amide bonds. The van der Waals surface area contributed by atoms with Crippen LogP contribution in [0.15, 0.2) is 42.5 Å². The van der Waals surface area contributed by atoms with E-state index in [9.17, 15) is 14.7 Å². The highest BCUT2D eigenvalue weighted by atomic mass is 32.1. The van der Waals surface area contributed by atoms with Crippen molar-refractivity contribution >= 4 is 39.1 Å². The van der Waals surface area contributed by atoms with Gasteiger partial charge in [0.15, 0.2) is 10.8 Å². The normalized spacial score (nSPS) is 20.8. The molecule has 1 fully saturated rings. The van der Waals surface area contributed by atoms with Crippen molar-refractivity contribution < 1.29 is 19.4 Å². The monoisotopic (exact) mass is 522 g/mol. The second-order valence-corrected chi connectivity index (χ2v) is 11.4. The number of likely N-dealkylation sites (N-methyl/N-ethyl adjacent to an activating group) is 1. The minimum absolute atomic E-state index is 0.0146. The summed E-state index contributed by atoms with van der Waals surface area (Å²) in [5, 5.41) is 13.2. The zero-order valence-electron chi connectivity index (χ0n) is 21.5. The first kappa shape index (κ1) is 25.6. The number of benzene rings is 2. The molecule has 1 aliphatic heterocycles. The number of rotatable bonds is 8. The van der Waals surface area contributed by atoms with Crippen LogP contribution in [0.2, 0.25) is 0 Å². The predicted octanol–water partition coefficient (Wildman–Crippen LogP) is 4.11. The van der Waals surface area contributed by atoms with E-state index in [4.69, 9.17) is 4.74 Å². The van der Waals surface area contributed by atoms with Crippen LogP contribution in [0.5, 0.6) is 5.75 Å². The SMILES string of the molecule is C[C@H]1CN([C@@H](C)CO)C(=O)c2cccc(NC(=O)c3nc4ccccc4s3)c2O[C@@H]1CN(C)CC1CC1. The Bertz CT molecular complexity index is 1260. The Morgan fingerprint density at radius 2 is 2.03 bits per heavy atom. The van der Waals surface area contributed by atoms with Crippen molar-refractivity contribution in [1.82, 2.24) is 14.8 Å². The van der Waals surface area contributed by atoms with E-state index in [1.165, 1.54) is 24.2 Å². The van der Waals surface area contributed by atoms with E-state index in [0.717, 1.165) is 22.7 Å². The van der Waals surface area contributed by atoms with Crippen LogP contribution in [-0.4, -0.2) is 77.1 Å². The highest BCUT2D eigenvalue weighted by Crippen LogP contribution is 2.36. The maximum Gasteiger partial charge on any atom is 0.284 e. The standard InChI is InChI=1S/C28H34N4O4S/c1-17-13-32(18(2)16-33)28(35)20-7-6-9-22(25(20)36-23(17)15-31(3)14-19-11-12-19)29-26(34)27-30-21-8-4-5-10-24(21)37-27/h4-10,17-19,23,33H,11-16H2,1-3H3,(H,29,34)/t17-,18-,23+/m0/s1. The van der Waals surface area contributed by atoms with E-state index in [1.807, 2.05) is 31.2 Å². The van der Waals surface area contributed by atoms with Crippen LogP contribution in [0.4, 0.5) is 5.69 Å². The number of carbonyl (C=O) groups is 2. The van der Waals surface area contributed by atoms with Crippen LogP contribution in [0.25, 0.3) is 10.2 Å². The highest BCUT2D eigenvalue weighted by molar-refractivity contribution is 7.20. The lowest BCUT2D eigenvalue weighted by atomic mass is 9.99. The quantitative estimate of drug-likeness (QED) is 0.462. The Balaban J connectivity index is 1.48. The Morgan fingerprint density at radius 1 is 1.24 bits per heavy atom. The lowest BCUT2D eigenvalue weighted by Gasteiger charge is -2.38. The second kappa shape index (κ2) is 10.8. The lowest BCUT2D eigenvalue weighted by molar-refractivity contribution is 0.0345. The molecule has 196 valence electrons.